The molecular weight excluding hydrogens is 274 g/mol. The number of hydrogen-bond acceptors (Lipinski definition) is 4. The van der Waals surface area contributed by atoms with Crippen LogP contribution >= 0.6 is 0 Å². The van der Waals surface area contributed by atoms with E-state index in [-0.39, 0.29) is 10.7 Å². The van der Waals surface area contributed by atoms with E-state index in [0.29, 0.717) is 5.69 Å². The van der Waals surface area contributed by atoms with Crippen molar-refractivity contribution < 1.29 is 8.42 Å². The molecule has 106 valence electrons. The zero-order chi connectivity index (χ0) is 14.6. The van der Waals surface area contributed by atoms with Crippen LogP contribution in [-0.4, -0.2) is 13.4 Å². The fraction of sp³-hybridized carbons (Fsp3) is 0.214. The molecule has 2 aromatic rings. The molecule has 20 heavy (non-hydrogen) atoms. The first kappa shape index (κ1) is 14.3. The SMILES string of the molecule is CCCc1ccccc1NS(=O)(=O)c1ncccc1N. The number of sulfonamides is 1. The standard InChI is InChI=1S/C14H17N3O2S/c1-2-6-11-7-3-4-9-13(11)17-20(18,19)14-12(15)8-5-10-16-14/h3-5,7-10,17H,2,6,15H2,1H3. The first-order chi connectivity index (χ1) is 9.54. The van der Waals surface area contributed by atoms with E-state index in [4.69, 9.17) is 5.73 Å². The van der Waals surface area contributed by atoms with Crippen LogP contribution in [0.5, 0.6) is 0 Å². The highest BCUT2D eigenvalue weighted by atomic mass is 32.2. The molecule has 1 aromatic heterocycles. The Labute approximate surface area is 118 Å². The van der Waals surface area contributed by atoms with Gasteiger partial charge in [0.05, 0.1) is 11.4 Å². The van der Waals surface area contributed by atoms with Gasteiger partial charge in [0.1, 0.15) is 0 Å². The van der Waals surface area contributed by atoms with Gasteiger partial charge < -0.3 is 5.73 Å². The quantitative estimate of drug-likeness (QED) is 0.886. The van der Waals surface area contributed by atoms with Gasteiger partial charge in [-0.05, 0) is 30.2 Å². The summed E-state index contributed by atoms with van der Waals surface area (Å²) in [7, 11) is -3.77. The van der Waals surface area contributed by atoms with Gasteiger partial charge in [-0.25, -0.2) is 4.98 Å². The van der Waals surface area contributed by atoms with Crippen LogP contribution in [-0.2, 0) is 16.4 Å². The third-order valence-corrected chi connectivity index (χ3v) is 4.17. The summed E-state index contributed by atoms with van der Waals surface area (Å²) >= 11 is 0. The lowest BCUT2D eigenvalue weighted by atomic mass is 10.1. The monoisotopic (exact) mass is 291 g/mol. The fourth-order valence-electron chi connectivity index (χ4n) is 1.93. The second-order valence-corrected chi connectivity index (χ2v) is 6.01. The summed E-state index contributed by atoms with van der Waals surface area (Å²) in [5, 5.41) is -0.147. The van der Waals surface area contributed by atoms with Crippen LogP contribution < -0.4 is 10.5 Å². The minimum atomic E-state index is -3.77. The van der Waals surface area contributed by atoms with E-state index in [1.54, 1.807) is 18.2 Å². The molecule has 0 amide bonds. The van der Waals surface area contributed by atoms with Crippen molar-refractivity contribution in [2.24, 2.45) is 0 Å². The summed E-state index contributed by atoms with van der Waals surface area (Å²) in [6, 6.07) is 10.4. The molecule has 0 bridgehead atoms. The van der Waals surface area contributed by atoms with Crippen molar-refractivity contribution >= 4 is 21.4 Å². The summed E-state index contributed by atoms with van der Waals surface area (Å²) in [6.07, 6.45) is 3.14. The van der Waals surface area contributed by atoms with Crippen molar-refractivity contribution in [2.45, 2.75) is 24.8 Å². The maximum absolute atomic E-state index is 12.3. The summed E-state index contributed by atoms with van der Waals surface area (Å²) < 4.78 is 27.2. The number of aromatic nitrogens is 1. The highest BCUT2D eigenvalue weighted by molar-refractivity contribution is 7.92. The van der Waals surface area contributed by atoms with Crippen LogP contribution in [0.25, 0.3) is 0 Å². The number of nitrogens with one attached hydrogen (secondary N) is 1. The number of benzene rings is 1. The first-order valence-corrected chi connectivity index (χ1v) is 7.84. The molecule has 0 radical (unpaired) electrons. The molecule has 0 saturated carbocycles. The van der Waals surface area contributed by atoms with E-state index in [2.05, 4.69) is 9.71 Å². The van der Waals surface area contributed by atoms with Crippen LogP contribution in [0.4, 0.5) is 11.4 Å². The molecule has 0 aliphatic rings. The fourth-order valence-corrected chi connectivity index (χ4v) is 3.09. The molecule has 2 rings (SSSR count). The van der Waals surface area contributed by atoms with Crippen molar-refractivity contribution in [1.82, 2.24) is 4.98 Å². The molecule has 6 heteroatoms. The molecule has 0 aliphatic heterocycles. The molecule has 1 heterocycles. The topological polar surface area (TPSA) is 85.1 Å². The third-order valence-electron chi connectivity index (χ3n) is 2.84. The average Bonchev–Trinajstić information content (AvgIpc) is 2.41. The Kier molecular flexibility index (Phi) is 4.24. The molecule has 5 nitrogen and oxygen atoms in total. The lowest BCUT2D eigenvalue weighted by Gasteiger charge is -2.12. The van der Waals surface area contributed by atoms with Crippen LogP contribution in [0, 0.1) is 0 Å². The maximum Gasteiger partial charge on any atom is 0.281 e. The van der Waals surface area contributed by atoms with Crippen molar-refractivity contribution in [3.63, 3.8) is 0 Å². The highest BCUT2D eigenvalue weighted by Gasteiger charge is 2.19. The van der Waals surface area contributed by atoms with Gasteiger partial charge in [0, 0.05) is 6.20 Å². The van der Waals surface area contributed by atoms with Gasteiger partial charge in [0.2, 0.25) is 0 Å². The Bertz CT molecular complexity index is 699. The van der Waals surface area contributed by atoms with Crippen molar-refractivity contribution in [2.75, 3.05) is 10.5 Å². The molecule has 0 saturated heterocycles. The number of aryl methyl sites for hydroxylation is 1. The van der Waals surface area contributed by atoms with Gasteiger partial charge in [0.15, 0.2) is 5.03 Å². The number of nitrogens with zero attached hydrogens (tertiary/aromatic N) is 1. The number of anilines is 2. The van der Waals surface area contributed by atoms with E-state index >= 15 is 0 Å². The smallest absolute Gasteiger partial charge is 0.281 e. The second kappa shape index (κ2) is 5.92. The normalized spacial score (nSPS) is 11.2. The number of pyridine rings is 1. The van der Waals surface area contributed by atoms with Crippen LogP contribution in [0.3, 0.4) is 0 Å². The lowest BCUT2D eigenvalue weighted by Crippen LogP contribution is -2.17. The number of hydrogen-bond donors (Lipinski definition) is 2. The summed E-state index contributed by atoms with van der Waals surface area (Å²) in [4.78, 5) is 3.85. The van der Waals surface area contributed by atoms with Gasteiger partial charge in [-0.3, -0.25) is 4.72 Å². The second-order valence-electron chi connectivity index (χ2n) is 4.41. The predicted octanol–water partition coefficient (Wildman–Crippen LogP) is 2.42. The van der Waals surface area contributed by atoms with Crippen LogP contribution in [0.1, 0.15) is 18.9 Å². The van der Waals surface area contributed by atoms with E-state index in [1.807, 2.05) is 19.1 Å². The van der Waals surface area contributed by atoms with Gasteiger partial charge in [-0.1, -0.05) is 31.5 Å². The Hall–Kier alpha value is -2.08. The molecular formula is C14H17N3O2S. The van der Waals surface area contributed by atoms with Gasteiger partial charge in [-0.15, -0.1) is 0 Å². The number of rotatable bonds is 5. The number of para-hydroxylation sites is 1. The van der Waals surface area contributed by atoms with Crippen LogP contribution in [0.15, 0.2) is 47.6 Å². The highest BCUT2D eigenvalue weighted by Crippen LogP contribution is 2.22. The van der Waals surface area contributed by atoms with Gasteiger partial charge >= 0.3 is 0 Å². The minimum Gasteiger partial charge on any atom is -0.396 e. The summed E-state index contributed by atoms with van der Waals surface area (Å²) in [6.45, 7) is 2.04. The van der Waals surface area contributed by atoms with Gasteiger partial charge in [-0.2, -0.15) is 8.42 Å². The Morgan fingerprint density at radius 1 is 1.20 bits per heavy atom. The first-order valence-electron chi connectivity index (χ1n) is 6.36. The molecule has 0 aliphatic carbocycles. The molecule has 3 N–H and O–H groups in total. The van der Waals surface area contributed by atoms with Crippen molar-refractivity contribution in [1.29, 1.82) is 0 Å². The van der Waals surface area contributed by atoms with E-state index in [0.717, 1.165) is 18.4 Å². The van der Waals surface area contributed by atoms with E-state index in [1.165, 1.54) is 12.3 Å². The molecule has 0 spiro atoms. The number of nitrogen functional groups attached to an aromatic ring is 1. The molecule has 0 unspecified atom stereocenters. The van der Waals surface area contributed by atoms with Gasteiger partial charge in [0.25, 0.3) is 10.0 Å². The largest absolute Gasteiger partial charge is 0.396 e. The summed E-state index contributed by atoms with van der Waals surface area (Å²) in [5.74, 6) is 0. The Morgan fingerprint density at radius 3 is 2.65 bits per heavy atom. The average molecular weight is 291 g/mol. The maximum atomic E-state index is 12.3. The van der Waals surface area contributed by atoms with Crippen molar-refractivity contribution in [3.8, 4) is 0 Å². The zero-order valence-electron chi connectivity index (χ0n) is 11.2. The van der Waals surface area contributed by atoms with Crippen LogP contribution in [0.2, 0.25) is 0 Å². The lowest BCUT2D eigenvalue weighted by molar-refractivity contribution is 0.598. The summed E-state index contributed by atoms with van der Waals surface area (Å²) in [5.41, 5.74) is 7.33. The molecule has 0 fully saturated rings. The zero-order valence-corrected chi connectivity index (χ0v) is 12.0. The van der Waals surface area contributed by atoms with E-state index in [9.17, 15) is 8.42 Å². The molecule has 1 aromatic carbocycles. The Balaban J connectivity index is 2.37. The Morgan fingerprint density at radius 2 is 1.95 bits per heavy atom. The predicted molar refractivity (Wildman–Crippen MR) is 79.9 cm³/mol. The minimum absolute atomic E-state index is 0.132. The molecule has 0 atom stereocenters. The van der Waals surface area contributed by atoms with Crippen molar-refractivity contribution in [3.05, 3.63) is 48.2 Å². The number of nitrogens with two attached hydrogens (primary N) is 1. The van der Waals surface area contributed by atoms with E-state index < -0.39 is 10.0 Å². The third kappa shape index (κ3) is 3.08.